The minimum absolute atomic E-state index is 0.0734. The summed E-state index contributed by atoms with van der Waals surface area (Å²) >= 11 is 0. The van der Waals surface area contributed by atoms with Gasteiger partial charge in [0.25, 0.3) is 0 Å². The second-order valence-corrected chi connectivity index (χ2v) is 6.06. The number of nitrogens with zero attached hydrogens (tertiary/aromatic N) is 1. The van der Waals surface area contributed by atoms with Gasteiger partial charge in [0.2, 0.25) is 5.91 Å². The van der Waals surface area contributed by atoms with Crippen LogP contribution < -0.4 is 11.2 Å². The van der Waals surface area contributed by atoms with Gasteiger partial charge in [-0.3, -0.25) is 14.9 Å². The number of hydrogen-bond donors (Lipinski definition) is 2. The summed E-state index contributed by atoms with van der Waals surface area (Å²) < 4.78 is 1.86. The molecule has 4 nitrogen and oxygen atoms in total. The average Bonchev–Trinajstić information content (AvgIpc) is 2.72. The molecule has 19 heavy (non-hydrogen) atoms. The summed E-state index contributed by atoms with van der Waals surface area (Å²) in [5.41, 5.74) is 10.7. The molecule has 0 atom stereocenters. The molecule has 1 amide bonds. The van der Waals surface area contributed by atoms with E-state index in [1.807, 2.05) is 30.7 Å². The van der Waals surface area contributed by atoms with Gasteiger partial charge >= 0.3 is 0 Å². The van der Waals surface area contributed by atoms with Crippen LogP contribution in [0.15, 0.2) is 12.1 Å². The highest BCUT2D eigenvalue weighted by atomic mass is 16.2. The van der Waals surface area contributed by atoms with Crippen LogP contribution in [0.1, 0.15) is 44.0 Å². The Kier molecular flexibility index (Phi) is 3.99. The number of nitrogens with one attached hydrogen (secondary N) is 1. The monoisotopic (exact) mass is 263 g/mol. The molecule has 0 spiro atoms. The molecular formula is C15H25N3O. The molecule has 1 saturated carbocycles. The Bertz CT molecular complexity index is 436. The van der Waals surface area contributed by atoms with Crippen molar-refractivity contribution in [1.29, 1.82) is 0 Å². The Morgan fingerprint density at radius 1 is 1.37 bits per heavy atom. The van der Waals surface area contributed by atoms with Gasteiger partial charge in [-0.05, 0) is 57.6 Å². The van der Waals surface area contributed by atoms with Crippen molar-refractivity contribution in [3.05, 3.63) is 23.5 Å². The first-order valence-electron chi connectivity index (χ1n) is 7.15. The molecule has 0 aromatic carbocycles. The number of nitrogens with two attached hydrogens (primary N) is 1. The number of amides is 1. The van der Waals surface area contributed by atoms with Gasteiger partial charge in [-0.1, -0.05) is 6.92 Å². The van der Waals surface area contributed by atoms with E-state index in [0.29, 0.717) is 12.5 Å². The zero-order valence-electron chi connectivity index (χ0n) is 12.2. The summed E-state index contributed by atoms with van der Waals surface area (Å²) in [6.07, 6.45) is 3.98. The maximum absolute atomic E-state index is 12.6. The van der Waals surface area contributed by atoms with Crippen molar-refractivity contribution >= 4 is 5.91 Å². The molecule has 4 heteroatoms. The predicted molar refractivity (Wildman–Crippen MR) is 77.4 cm³/mol. The number of aryl methyl sites for hydroxylation is 2. The summed E-state index contributed by atoms with van der Waals surface area (Å²) in [4.78, 5) is 12.6. The van der Waals surface area contributed by atoms with E-state index in [0.717, 1.165) is 37.1 Å². The van der Waals surface area contributed by atoms with Crippen LogP contribution in [0.25, 0.3) is 0 Å². The minimum atomic E-state index is -0.379. The highest BCUT2D eigenvalue weighted by Crippen LogP contribution is 2.38. The second kappa shape index (κ2) is 5.37. The molecular weight excluding hydrogens is 238 g/mol. The fraction of sp³-hybridized carbons (Fsp3) is 0.667. The molecule has 0 aliphatic heterocycles. The van der Waals surface area contributed by atoms with Crippen molar-refractivity contribution in [2.24, 2.45) is 17.1 Å². The fourth-order valence-corrected chi connectivity index (χ4v) is 2.90. The van der Waals surface area contributed by atoms with Gasteiger partial charge in [-0.2, -0.15) is 0 Å². The summed E-state index contributed by atoms with van der Waals surface area (Å²) in [7, 11) is 0. The zero-order chi connectivity index (χ0) is 14.0. The lowest BCUT2D eigenvalue weighted by atomic mass is 9.70. The quantitative estimate of drug-likeness (QED) is 0.879. The second-order valence-electron chi connectivity index (χ2n) is 6.06. The molecule has 0 unspecified atom stereocenters. The number of aromatic nitrogens is 1. The van der Waals surface area contributed by atoms with Gasteiger partial charge in [0.05, 0.1) is 5.41 Å². The third kappa shape index (κ3) is 2.68. The van der Waals surface area contributed by atoms with E-state index in [9.17, 15) is 4.79 Å². The molecule has 1 aliphatic rings. The maximum Gasteiger partial charge on any atom is 0.246 e. The Morgan fingerprint density at radius 2 is 1.89 bits per heavy atom. The highest BCUT2D eigenvalue weighted by Gasteiger charge is 2.40. The van der Waals surface area contributed by atoms with Crippen LogP contribution in [-0.2, 0) is 4.79 Å². The minimum Gasteiger partial charge on any atom is -0.329 e. The maximum atomic E-state index is 12.6. The van der Waals surface area contributed by atoms with E-state index < -0.39 is 0 Å². The largest absolute Gasteiger partial charge is 0.329 e. The van der Waals surface area contributed by atoms with Crippen LogP contribution in [0.4, 0.5) is 0 Å². The Labute approximate surface area is 115 Å². The Balaban J connectivity index is 2.14. The standard InChI is InChI=1S/C15H25N3O/c1-11-6-8-15(10-16,9-7-11)14(19)17-18-12(2)4-5-13(18)3/h4-5,11H,6-10,16H2,1-3H3,(H,17,19). The molecule has 3 N–H and O–H groups in total. The first-order valence-corrected chi connectivity index (χ1v) is 7.15. The summed E-state index contributed by atoms with van der Waals surface area (Å²) in [5.74, 6) is 0.784. The van der Waals surface area contributed by atoms with Crippen molar-refractivity contribution in [3.63, 3.8) is 0 Å². The first-order chi connectivity index (χ1) is 8.98. The number of carbonyl (C=O) groups excluding carboxylic acids is 1. The molecule has 0 bridgehead atoms. The fourth-order valence-electron chi connectivity index (χ4n) is 2.90. The van der Waals surface area contributed by atoms with Gasteiger partial charge in [0, 0.05) is 17.9 Å². The normalized spacial score (nSPS) is 27.3. The third-order valence-electron chi connectivity index (χ3n) is 4.59. The SMILES string of the molecule is Cc1ccc(C)n1NC(=O)C1(CN)CCC(C)CC1. The van der Waals surface area contributed by atoms with Gasteiger partial charge < -0.3 is 5.73 Å². The summed E-state index contributed by atoms with van der Waals surface area (Å²) in [6.45, 7) is 6.67. The summed E-state index contributed by atoms with van der Waals surface area (Å²) in [6, 6.07) is 4.02. The van der Waals surface area contributed by atoms with Crippen molar-refractivity contribution in [2.75, 3.05) is 12.0 Å². The van der Waals surface area contributed by atoms with Crippen LogP contribution in [0, 0.1) is 25.2 Å². The van der Waals surface area contributed by atoms with Gasteiger partial charge in [0.15, 0.2) is 0 Å². The molecule has 1 fully saturated rings. The highest BCUT2D eigenvalue weighted by molar-refractivity contribution is 5.90. The smallest absolute Gasteiger partial charge is 0.246 e. The molecule has 106 valence electrons. The lowest BCUT2D eigenvalue weighted by Gasteiger charge is -2.37. The number of hydrogen-bond acceptors (Lipinski definition) is 2. The van der Waals surface area contributed by atoms with Gasteiger partial charge in [-0.25, -0.2) is 0 Å². The third-order valence-corrected chi connectivity index (χ3v) is 4.59. The lowest BCUT2D eigenvalue weighted by Crippen LogP contribution is -2.47. The summed E-state index contributed by atoms with van der Waals surface area (Å²) in [5, 5.41) is 0. The van der Waals surface area contributed by atoms with E-state index in [2.05, 4.69) is 12.3 Å². The topological polar surface area (TPSA) is 60.0 Å². The lowest BCUT2D eigenvalue weighted by molar-refractivity contribution is -0.128. The van der Waals surface area contributed by atoms with E-state index >= 15 is 0 Å². The average molecular weight is 263 g/mol. The van der Waals surface area contributed by atoms with Crippen LogP contribution in [0.5, 0.6) is 0 Å². The first kappa shape index (κ1) is 14.1. The number of carbonyl (C=O) groups is 1. The molecule has 2 rings (SSSR count). The molecule has 1 aliphatic carbocycles. The Hall–Kier alpha value is -1.29. The predicted octanol–water partition coefficient (Wildman–Crippen LogP) is 2.33. The van der Waals surface area contributed by atoms with Gasteiger partial charge in [0.1, 0.15) is 0 Å². The van der Waals surface area contributed by atoms with Crippen molar-refractivity contribution in [2.45, 2.75) is 46.5 Å². The molecule has 1 aromatic heterocycles. The molecule has 1 aromatic rings. The van der Waals surface area contributed by atoms with Crippen LogP contribution in [0.3, 0.4) is 0 Å². The van der Waals surface area contributed by atoms with Crippen LogP contribution in [-0.4, -0.2) is 17.1 Å². The van der Waals surface area contributed by atoms with Crippen molar-refractivity contribution in [1.82, 2.24) is 4.68 Å². The Morgan fingerprint density at radius 3 is 2.37 bits per heavy atom. The molecule has 0 saturated heterocycles. The van der Waals surface area contributed by atoms with Crippen molar-refractivity contribution in [3.8, 4) is 0 Å². The van der Waals surface area contributed by atoms with E-state index in [-0.39, 0.29) is 11.3 Å². The van der Waals surface area contributed by atoms with Gasteiger partial charge in [-0.15, -0.1) is 0 Å². The van der Waals surface area contributed by atoms with E-state index in [1.54, 1.807) is 0 Å². The van der Waals surface area contributed by atoms with Crippen LogP contribution >= 0.6 is 0 Å². The van der Waals surface area contributed by atoms with Crippen molar-refractivity contribution < 1.29 is 4.79 Å². The number of rotatable bonds is 3. The van der Waals surface area contributed by atoms with E-state index in [4.69, 9.17) is 5.73 Å². The molecule has 1 heterocycles. The van der Waals surface area contributed by atoms with Crippen LogP contribution in [0.2, 0.25) is 0 Å². The van der Waals surface area contributed by atoms with E-state index in [1.165, 1.54) is 0 Å². The zero-order valence-corrected chi connectivity index (χ0v) is 12.2. The molecule has 0 radical (unpaired) electrons.